The van der Waals surface area contributed by atoms with Crippen molar-refractivity contribution in [2.24, 2.45) is 5.10 Å². The van der Waals surface area contributed by atoms with Crippen LogP contribution >= 0.6 is 0 Å². The highest BCUT2D eigenvalue weighted by Crippen LogP contribution is 2.28. The Balaban J connectivity index is 3.08. The van der Waals surface area contributed by atoms with Gasteiger partial charge >= 0.3 is 5.69 Å². The fourth-order valence-electron chi connectivity index (χ4n) is 1.72. The van der Waals surface area contributed by atoms with Crippen LogP contribution in [0, 0.1) is 20.2 Å². The van der Waals surface area contributed by atoms with Gasteiger partial charge in [0.1, 0.15) is 24.0 Å². The first-order valence-electron chi connectivity index (χ1n) is 6.74. The van der Waals surface area contributed by atoms with Crippen LogP contribution in [0.3, 0.4) is 0 Å². The number of rotatable bonds is 9. The maximum Gasteiger partial charge on any atom is 0.301 e. The number of aliphatic hydroxyl groups excluding tert-OH is 5. The average molecular weight is 360 g/mol. The molecule has 13 heteroatoms. The van der Waals surface area contributed by atoms with E-state index in [1.807, 2.05) is 0 Å². The Hall–Kier alpha value is -2.71. The zero-order valence-electron chi connectivity index (χ0n) is 12.6. The second-order valence-electron chi connectivity index (χ2n) is 4.77. The number of nitrogens with one attached hydrogen (secondary N) is 1. The number of nitro benzene ring substituents is 2. The standard InChI is InChI=1S/C12H16N4O9/c17-4-8(11(20)12(21)10(19)5-18)14-13-7-2-1-6(15(22)23)3-9(7)16(24)25/h1-3,10-13,17-21H,4-5H2. The SMILES string of the molecule is O=[N+]([O-])c1ccc(NN=C(CO)C(O)C(O)C(O)CO)c([N+](=O)[O-])c1. The number of non-ortho nitro benzene ring substituents is 1. The molecule has 0 saturated heterocycles. The van der Waals surface area contributed by atoms with Crippen molar-refractivity contribution in [3.05, 3.63) is 38.4 Å². The summed E-state index contributed by atoms with van der Waals surface area (Å²) in [6.07, 6.45) is -5.46. The van der Waals surface area contributed by atoms with Gasteiger partial charge in [-0.3, -0.25) is 25.7 Å². The van der Waals surface area contributed by atoms with Crippen molar-refractivity contribution < 1.29 is 35.4 Å². The molecule has 0 amide bonds. The minimum absolute atomic E-state index is 0.272. The van der Waals surface area contributed by atoms with Crippen LogP contribution in [0.15, 0.2) is 23.3 Å². The Morgan fingerprint density at radius 1 is 1.16 bits per heavy atom. The molecular formula is C12H16N4O9. The molecular weight excluding hydrogens is 344 g/mol. The molecule has 1 rings (SSSR count). The number of anilines is 1. The lowest BCUT2D eigenvalue weighted by atomic mass is 10.0. The fourth-order valence-corrected chi connectivity index (χ4v) is 1.72. The van der Waals surface area contributed by atoms with Crippen LogP contribution in [0.1, 0.15) is 0 Å². The van der Waals surface area contributed by atoms with Crippen molar-refractivity contribution in [3.8, 4) is 0 Å². The third kappa shape index (κ3) is 5.13. The van der Waals surface area contributed by atoms with E-state index in [9.17, 15) is 35.5 Å². The highest BCUT2D eigenvalue weighted by Gasteiger charge is 2.28. The molecule has 0 heterocycles. The molecule has 3 atom stereocenters. The van der Waals surface area contributed by atoms with E-state index in [0.717, 1.165) is 12.1 Å². The Kier molecular flexibility index (Phi) is 7.28. The summed E-state index contributed by atoms with van der Waals surface area (Å²) < 4.78 is 0. The zero-order valence-corrected chi connectivity index (χ0v) is 12.6. The predicted molar refractivity (Wildman–Crippen MR) is 83.0 cm³/mol. The molecule has 3 unspecified atom stereocenters. The molecule has 0 radical (unpaired) electrons. The third-order valence-electron chi connectivity index (χ3n) is 3.12. The maximum absolute atomic E-state index is 11.0. The van der Waals surface area contributed by atoms with Gasteiger partial charge in [-0.05, 0) is 6.07 Å². The summed E-state index contributed by atoms with van der Waals surface area (Å²) in [5.74, 6) is 0. The lowest BCUT2D eigenvalue weighted by molar-refractivity contribution is -0.393. The molecule has 0 aliphatic rings. The molecule has 0 aliphatic heterocycles. The molecule has 0 bridgehead atoms. The fraction of sp³-hybridized carbons (Fsp3) is 0.417. The van der Waals surface area contributed by atoms with E-state index in [1.165, 1.54) is 0 Å². The number of nitrogens with zero attached hydrogens (tertiary/aromatic N) is 3. The van der Waals surface area contributed by atoms with Gasteiger partial charge in [-0.2, -0.15) is 5.10 Å². The number of hydrazone groups is 1. The molecule has 0 fully saturated rings. The van der Waals surface area contributed by atoms with Gasteiger partial charge in [0.15, 0.2) is 0 Å². The van der Waals surface area contributed by atoms with Crippen LogP contribution in [0.5, 0.6) is 0 Å². The molecule has 0 saturated carbocycles. The Labute approximate surface area is 139 Å². The van der Waals surface area contributed by atoms with E-state index in [-0.39, 0.29) is 5.69 Å². The van der Waals surface area contributed by atoms with Crippen LogP contribution in [-0.2, 0) is 0 Å². The number of hydrogen-bond donors (Lipinski definition) is 6. The quantitative estimate of drug-likeness (QED) is 0.167. The van der Waals surface area contributed by atoms with E-state index in [1.54, 1.807) is 0 Å². The summed E-state index contributed by atoms with van der Waals surface area (Å²) in [6, 6.07) is 2.67. The summed E-state index contributed by atoms with van der Waals surface area (Å²) in [4.78, 5) is 19.9. The van der Waals surface area contributed by atoms with Crippen molar-refractivity contribution >= 4 is 22.8 Å². The van der Waals surface area contributed by atoms with Crippen molar-refractivity contribution in [2.45, 2.75) is 18.3 Å². The molecule has 25 heavy (non-hydrogen) atoms. The van der Waals surface area contributed by atoms with E-state index < -0.39 is 58.5 Å². The first kappa shape index (κ1) is 20.3. The van der Waals surface area contributed by atoms with Crippen LogP contribution in [-0.4, -0.2) is 72.6 Å². The average Bonchev–Trinajstić information content (AvgIpc) is 2.60. The Morgan fingerprint density at radius 2 is 1.80 bits per heavy atom. The highest BCUT2D eigenvalue weighted by molar-refractivity contribution is 5.91. The van der Waals surface area contributed by atoms with E-state index in [4.69, 9.17) is 10.2 Å². The molecule has 1 aromatic rings. The first-order chi connectivity index (χ1) is 11.7. The first-order valence-corrected chi connectivity index (χ1v) is 6.74. The monoisotopic (exact) mass is 360 g/mol. The molecule has 1 aromatic carbocycles. The molecule has 0 aromatic heterocycles. The van der Waals surface area contributed by atoms with Gasteiger partial charge in [0.05, 0.1) is 34.8 Å². The highest BCUT2D eigenvalue weighted by atomic mass is 16.6. The summed E-state index contributed by atoms with van der Waals surface area (Å²) in [5.41, 5.74) is 0.185. The van der Waals surface area contributed by atoms with Gasteiger partial charge in [0, 0.05) is 6.07 Å². The van der Waals surface area contributed by atoms with Gasteiger partial charge in [-0.25, -0.2) is 0 Å². The molecule has 6 N–H and O–H groups in total. The van der Waals surface area contributed by atoms with Crippen molar-refractivity contribution in [1.29, 1.82) is 0 Å². The van der Waals surface area contributed by atoms with Crippen LogP contribution in [0.4, 0.5) is 17.1 Å². The lowest BCUT2D eigenvalue weighted by Gasteiger charge is -2.22. The minimum atomic E-state index is -1.88. The van der Waals surface area contributed by atoms with E-state index >= 15 is 0 Å². The van der Waals surface area contributed by atoms with Gasteiger partial charge < -0.3 is 25.5 Å². The van der Waals surface area contributed by atoms with Crippen molar-refractivity contribution in [1.82, 2.24) is 0 Å². The number of hydrogen-bond acceptors (Lipinski definition) is 11. The molecule has 0 spiro atoms. The predicted octanol–water partition coefficient (Wildman–Crippen LogP) is -1.66. The second-order valence-corrected chi connectivity index (χ2v) is 4.77. The second kappa shape index (κ2) is 8.95. The van der Waals surface area contributed by atoms with Crippen LogP contribution in [0.25, 0.3) is 0 Å². The third-order valence-corrected chi connectivity index (χ3v) is 3.12. The van der Waals surface area contributed by atoms with Crippen LogP contribution < -0.4 is 5.43 Å². The van der Waals surface area contributed by atoms with E-state index in [2.05, 4.69) is 10.5 Å². The largest absolute Gasteiger partial charge is 0.394 e. The van der Waals surface area contributed by atoms with Crippen molar-refractivity contribution in [2.75, 3.05) is 18.6 Å². The summed E-state index contributed by atoms with van der Waals surface area (Å²) >= 11 is 0. The maximum atomic E-state index is 11.0. The van der Waals surface area contributed by atoms with Gasteiger partial charge in [0.25, 0.3) is 5.69 Å². The van der Waals surface area contributed by atoms with Gasteiger partial charge in [-0.1, -0.05) is 0 Å². The Bertz CT molecular complexity index is 666. The Morgan fingerprint density at radius 3 is 2.28 bits per heavy atom. The smallest absolute Gasteiger partial charge is 0.301 e. The number of aliphatic hydroxyl groups is 5. The number of benzene rings is 1. The summed E-state index contributed by atoms with van der Waals surface area (Å²) in [5, 5.41) is 71.6. The number of nitro groups is 2. The minimum Gasteiger partial charge on any atom is -0.394 e. The summed E-state index contributed by atoms with van der Waals surface area (Å²) in [7, 11) is 0. The topological polar surface area (TPSA) is 212 Å². The van der Waals surface area contributed by atoms with Gasteiger partial charge in [0.2, 0.25) is 0 Å². The normalized spacial score (nSPS) is 15.3. The molecule has 13 nitrogen and oxygen atoms in total. The molecule has 138 valence electrons. The van der Waals surface area contributed by atoms with Gasteiger partial charge in [-0.15, -0.1) is 0 Å². The van der Waals surface area contributed by atoms with E-state index in [0.29, 0.717) is 6.07 Å². The van der Waals surface area contributed by atoms with Crippen molar-refractivity contribution in [3.63, 3.8) is 0 Å². The van der Waals surface area contributed by atoms with Crippen LogP contribution in [0.2, 0.25) is 0 Å². The molecule has 0 aliphatic carbocycles. The zero-order chi connectivity index (χ0) is 19.1. The summed E-state index contributed by atoms with van der Waals surface area (Å²) in [6.45, 7) is -1.75. The lowest BCUT2D eigenvalue weighted by Crippen LogP contribution is -2.45.